The van der Waals surface area contributed by atoms with Crippen LogP contribution >= 0.6 is 11.6 Å². The van der Waals surface area contributed by atoms with E-state index in [1.54, 1.807) is 19.2 Å². The lowest BCUT2D eigenvalue weighted by Gasteiger charge is -2.21. The van der Waals surface area contributed by atoms with Gasteiger partial charge in [0.15, 0.2) is 0 Å². The van der Waals surface area contributed by atoms with Gasteiger partial charge < -0.3 is 19.7 Å². The molecule has 0 spiro atoms. The number of carbonyl (C=O) groups is 2. The molecule has 7 heteroatoms. The first-order valence-corrected chi connectivity index (χ1v) is 7.65. The highest BCUT2D eigenvalue weighted by atomic mass is 35.5. The van der Waals surface area contributed by atoms with Crippen LogP contribution in [-0.4, -0.2) is 50.6 Å². The second-order valence-electron chi connectivity index (χ2n) is 5.14. The molecule has 0 saturated carbocycles. The van der Waals surface area contributed by atoms with E-state index in [9.17, 15) is 9.59 Å². The lowest BCUT2D eigenvalue weighted by Crippen LogP contribution is -2.37. The lowest BCUT2D eigenvalue weighted by atomic mass is 10.2. The van der Waals surface area contributed by atoms with Gasteiger partial charge in [0.25, 0.3) is 0 Å². The second kappa shape index (κ2) is 9.37. The molecule has 0 aromatic heterocycles. The van der Waals surface area contributed by atoms with Crippen LogP contribution in [0.4, 0.5) is 5.69 Å². The number of anilines is 1. The molecule has 1 aromatic rings. The van der Waals surface area contributed by atoms with Crippen molar-refractivity contribution < 1.29 is 19.1 Å². The third kappa shape index (κ3) is 6.08. The van der Waals surface area contributed by atoms with Crippen molar-refractivity contribution in [3.05, 3.63) is 22.7 Å². The van der Waals surface area contributed by atoms with E-state index in [2.05, 4.69) is 5.32 Å². The Balaban J connectivity index is 2.74. The van der Waals surface area contributed by atoms with Gasteiger partial charge in [-0.2, -0.15) is 0 Å². The van der Waals surface area contributed by atoms with Gasteiger partial charge in [-0.25, -0.2) is 0 Å². The summed E-state index contributed by atoms with van der Waals surface area (Å²) in [5.41, 5.74) is 1.35. The minimum Gasteiger partial charge on any atom is -0.495 e. The SMILES string of the molecule is COCCCN(CC(=O)Nc1cc(C)c(Cl)cc1OC)C(C)=O. The molecule has 0 fully saturated rings. The van der Waals surface area contributed by atoms with E-state index in [0.717, 1.165) is 5.56 Å². The predicted molar refractivity (Wildman–Crippen MR) is 90.1 cm³/mol. The largest absolute Gasteiger partial charge is 0.495 e. The molecule has 0 radical (unpaired) electrons. The van der Waals surface area contributed by atoms with Crippen LogP contribution in [0.1, 0.15) is 18.9 Å². The summed E-state index contributed by atoms with van der Waals surface area (Å²) in [4.78, 5) is 25.3. The van der Waals surface area contributed by atoms with E-state index in [-0.39, 0.29) is 18.4 Å². The van der Waals surface area contributed by atoms with Gasteiger partial charge in [0.05, 0.1) is 19.3 Å². The fourth-order valence-electron chi connectivity index (χ4n) is 2.04. The average Bonchev–Trinajstić information content (AvgIpc) is 2.49. The molecule has 6 nitrogen and oxygen atoms in total. The molecule has 1 rings (SSSR count). The van der Waals surface area contributed by atoms with E-state index >= 15 is 0 Å². The number of benzene rings is 1. The minimum absolute atomic E-state index is 0.0239. The average molecular weight is 343 g/mol. The molecule has 2 amide bonds. The molecular formula is C16H23ClN2O4. The minimum atomic E-state index is -0.294. The van der Waals surface area contributed by atoms with Crippen molar-refractivity contribution in [1.29, 1.82) is 0 Å². The van der Waals surface area contributed by atoms with E-state index in [1.165, 1.54) is 18.9 Å². The first kappa shape index (κ1) is 19.3. The third-order valence-electron chi connectivity index (χ3n) is 3.31. The fourth-order valence-corrected chi connectivity index (χ4v) is 2.19. The number of methoxy groups -OCH3 is 2. The summed E-state index contributed by atoms with van der Waals surface area (Å²) in [6.45, 7) is 4.25. The van der Waals surface area contributed by atoms with Crippen LogP contribution < -0.4 is 10.1 Å². The standard InChI is InChI=1S/C16H23ClN2O4/c1-11-8-14(15(23-4)9-13(11)17)18-16(21)10-19(12(2)20)6-5-7-22-3/h8-9H,5-7,10H2,1-4H3,(H,18,21). The molecule has 0 bridgehead atoms. The normalized spacial score (nSPS) is 10.3. The Morgan fingerprint density at radius 2 is 2.00 bits per heavy atom. The van der Waals surface area contributed by atoms with E-state index in [4.69, 9.17) is 21.1 Å². The zero-order valence-electron chi connectivity index (χ0n) is 13.9. The summed E-state index contributed by atoms with van der Waals surface area (Å²) in [5, 5.41) is 3.32. The molecule has 23 heavy (non-hydrogen) atoms. The van der Waals surface area contributed by atoms with Crippen molar-refractivity contribution in [2.45, 2.75) is 20.3 Å². The van der Waals surface area contributed by atoms with Crippen LogP contribution in [-0.2, 0) is 14.3 Å². The van der Waals surface area contributed by atoms with Crippen molar-refractivity contribution >= 4 is 29.1 Å². The summed E-state index contributed by atoms with van der Waals surface area (Å²) in [5.74, 6) is 0.0239. The van der Waals surface area contributed by atoms with Crippen LogP contribution in [0.2, 0.25) is 5.02 Å². The molecule has 1 aromatic carbocycles. The molecule has 0 unspecified atom stereocenters. The maximum atomic E-state index is 12.2. The Labute approximate surface area is 141 Å². The number of amides is 2. The molecular weight excluding hydrogens is 320 g/mol. The number of hydrogen-bond acceptors (Lipinski definition) is 4. The highest BCUT2D eigenvalue weighted by molar-refractivity contribution is 6.31. The Morgan fingerprint density at radius 3 is 2.57 bits per heavy atom. The van der Waals surface area contributed by atoms with Crippen molar-refractivity contribution in [3.8, 4) is 5.75 Å². The Hall–Kier alpha value is -1.79. The zero-order chi connectivity index (χ0) is 17.4. The maximum absolute atomic E-state index is 12.2. The molecule has 0 aliphatic rings. The van der Waals surface area contributed by atoms with Crippen molar-refractivity contribution in [2.24, 2.45) is 0 Å². The topological polar surface area (TPSA) is 67.9 Å². The number of nitrogens with zero attached hydrogens (tertiary/aromatic N) is 1. The van der Waals surface area contributed by atoms with Crippen LogP contribution in [0, 0.1) is 6.92 Å². The van der Waals surface area contributed by atoms with Gasteiger partial charge in [-0.15, -0.1) is 0 Å². The number of carbonyl (C=O) groups excluding carboxylic acids is 2. The number of nitrogens with one attached hydrogen (secondary N) is 1. The van der Waals surface area contributed by atoms with Gasteiger partial charge in [-0.1, -0.05) is 11.6 Å². The third-order valence-corrected chi connectivity index (χ3v) is 3.72. The van der Waals surface area contributed by atoms with Gasteiger partial charge in [-0.3, -0.25) is 9.59 Å². The Kier molecular flexibility index (Phi) is 7.85. The van der Waals surface area contributed by atoms with E-state index in [0.29, 0.717) is 36.0 Å². The number of halogens is 1. The Bertz CT molecular complexity index is 563. The summed E-state index contributed by atoms with van der Waals surface area (Å²) in [7, 11) is 3.10. The van der Waals surface area contributed by atoms with Gasteiger partial charge in [0.2, 0.25) is 11.8 Å². The quantitative estimate of drug-likeness (QED) is 0.737. The number of rotatable bonds is 8. The van der Waals surface area contributed by atoms with Crippen LogP contribution in [0.3, 0.4) is 0 Å². The second-order valence-corrected chi connectivity index (χ2v) is 5.54. The highest BCUT2D eigenvalue weighted by Gasteiger charge is 2.15. The highest BCUT2D eigenvalue weighted by Crippen LogP contribution is 2.30. The molecule has 0 aliphatic heterocycles. The van der Waals surface area contributed by atoms with Crippen LogP contribution in [0.5, 0.6) is 5.75 Å². The van der Waals surface area contributed by atoms with Gasteiger partial charge >= 0.3 is 0 Å². The number of aryl methyl sites for hydroxylation is 1. The van der Waals surface area contributed by atoms with Crippen LogP contribution in [0.25, 0.3) is 0 Å². The molecule has 0 saturated heterocycles. The molecule has 128 valence electrons. The summed E-state index contributed by atoms with van der Waals surface area (Å²) in [6, 6.07) is 3.38. The van der Waals surface area contributed by atoms with Crippen molar-refractivity contribution in [1.82, 2.24) is 4.90 Å². The molecule has 1 N–H and O–H groups in total. The van der Waals surface area contributed by atoms with Crippen molar-refractivity contribution in [3.63, 3.8) is 0 Å². The Morgan fingerprint density at radius 1 is 1.30 bits per heavy atom. The van der Waals surface area contributed by atoms with Crippen LogP contribution in [0.15, 0.2) is 12.1 Å². The van der Waals surface area contributed by atoms with Crippen molar-refractivity contribution in [2.75, 3.05) is 39.2 Å². The monoisotopic (exact) mass is 342 g/mol. The molecule has 0 aliphatic carbocycles. The smallest absolute Gasteiger partial charge is 0.244 e. The lowest BCUT2D eigenvalue weighted by molar-refractivity contribution is -0.132. The number of hydrogen-bond donors (Lipinski definition) is 1. The van der Waals surface area contributed by atoms with Gasteiger partial charge in [0, 0.05) is 38.3 Å². The predicted octanol–water partition coefficient (Wildman–Crippen LogP) is 2.48. The summed E-state index contributed by atoms with van der Waals surface area (Å²) in [6.07, 6.45) is 0.673. The van der Waals surface area contributed by atoms with E-state index < -0.39 is 0 Å². The fraction of sp³-hybridized carbons (Fsp3) is 0.500. The molecule has 0 heterocycles. The van der Waals surface area contributed by atoms with Gasteiger partial charge in [-0.05, 0) is 25.0 Å². The number of ether oxygens (including phenoxy) is 2. The zero-order valence-corrected chi connectivity index (χ0v) is 14.7. The summed E-state index contributed by atoms with van der Waals surface area (Å²) < 4.78 is 10.2. The molecule has 0 atom stereocenters. The maximum Gasteiger partial charge on any atom is 0.244 e. The summed E-state index contributed by atoms with van der Waals surface area (Å²) >= 11 is 6.04. The van der Waals surface area contributed by atoms with Gasteiger partial charge in [0.1, 0.15) is 5.75 Å². The first-order valence-electron chi connectivity index (χ1n) is 7.27. The van der Waals surface area contributed by atoms with E-state index in [1.807, 2.05) is 6.92 Å². The first-order chi connectivity index (χ1) is 10.9.